The first-order chi connectivity index (χ1) is 9.54. The van der Waals surface area contributed by atoms with Crippen LogP contribution in [-0.2, 0) is 4.74 Å². The van der Waals surface area contributed by atoms with Crippen molar-refractivity contribution in [1.82, 2.24) is 4.98 Å². The van der Waals surface area contributed by atoms with Crippen LogP contribution in [0.25, 0.3) is 11.8 Å². The van der Waals surface area contributed by atoms with Gasteiger partial charge >= 0.3 is 5.97 Å². The lowest BCUT2D eigenvalue weighted by Crippen LogP contribution is -2.16. The summed E-state index contributed by atoms with van der Waals surface area (Å²) in [6, 6.07) is 9.54. The Labute approximate surface area is 128 Å². The van der Waals surface area contributed by atoms with Crippen LogP contribution >= 0.6 is 22.6 Å². The number of H-pyrrole nitrogens is 1. The molecule has 100 valence electrons. The van der Waals surface area contributed by atoms with E-state index in [-0.39, 0.29) is 5.56 Å². The summed E-state index contributed by atoms with van der Waals surface area (Å²) in [6.07, 6.45) is 1.77. The largest absolute Gasteiger partial charge is 0.422 e. The van der Waals surface area contributed by atoms with Crippen molar-refractivity contribution in [2.24, 2.45) is 0 Å². The first-order valence-electron chi connectivity index (χ1n) is 5.98. The quantitative estimate of drug-likeness (QED) is 0.612. The maximum absolute atomic E-state index is 11.8. The van der Waals surface area contributed by atoms with Gasteiger partial charge in [-0.3, -0.25) is 4.79 Å². The average Bonchev–Trinajstić information content (AvgIpc) is 2.66. The van der Waals surface area contributed by atoms with Crippen molar-refractivity contribution in [3.63, 3.8) is 0 Å². The standard InChI is InChI=1S/C15H10INO3/c1-8-5-11-12(7-9-3-2-4-10(16)6-9)20-15(19)13(11)14(18)17-8/h2-7H,1H3,(H,17,18)/b12-7-. The molecule has 0 radical (unpaired) electrons. The summed E-state index contributed by atoms with van der Waals surface area (Å²) in [6.45, 7) is 1.77. The molecule has 5 heteroatoms. The van der Waals surface area contributed by atoms with Gasteiger partial charge in [0, 0.05) is 14.8 Å². The molecule has 2 heterocycles. The number of pyridine rings is 1. The van der Waals surface area contributed by atoms with E-state index >= 15 is 0 Å². The van der Waals surface area contributed by atoms with Crippen LogP contribution in [0.4, 0.5) is 0 Å². The van der Waals surface area contributed by atoms with Crippen LogP contribution in [0.5, 0.6) is 0 Å². The molecule has 0 amide bonds. The molecule has 20 heavy (non-hydrogen) atoms. The van der Waals surface area contributed by atoms with Crippen molar-refractivity contribution < 1.29 is 9.53 Å². The Morgan fingerprint density at radius 1 is 1.25 bits per heavy atom. The van der Waals surface area contributed by atoms with Gasteiger partial charge in [-0.1, -0.05) is 12.1 Å². The molecule has 0 saturated carbocycles. The third-order valence-corrected chi connectivity index (χ3v) is 3.66. The van der Waals surface area contributed by atoms with Crippen molar-refractivity contribution in [2.75, 3.05) is 0 Å². The molecule has 1 aromatic heterocycles. The minimum Gasteiger partial charge on any atom is -0.422 e. The van der Waals surface area contributed by atoms with Crippen LogP contribution < -0.4 is 5.56 Å². The van der Waals surface area contributed by atoms with Crippen molar-refractivity contribution in [3.8, 4) is 0 Å². The molecule has 1 aliphatic heterocycles. The number of rotatable bonds is 1. The second kappa shape index (κ2) is 4.90. The Kier molecular flexibility index (Phi) is 3.21. The highest BCUT2D eigenvalue weighted by molar-refractivity contribution is 14.1. The van der Waals surface area contributed by atoms with E-state index in [9.17, 15) is 9.59 Å². The highest BCUT2D eigenvalue weighted by atomic mass is 127. The van der Waals surface area contributed by atoms with Crippen molar-refractivity contribution in [2.45, 2.75) is 6.92 Å². The normalized spacial score (nSPS) is 15.3. The number of hydrogen-bond donors (Lipinski definition) is 1. The average molecular weight is 379 g/mol. The minimum absolute atomic E-state index is 0.0764. The molecule has 2 aromatic rings. The molecule has 0 fully saturated rings. The van der Waals surface area contributed by atoms with Gasteiger partial charge < -0.3 is 9.72 Å². The number of carbonyl (C=O) groups excluding carboxylic acids is 1. The second-order valence-corrected chi connectivity index (χ2v) is 5.77. The third-order valence-electron chi connectivity index (χ3n) is 2.99. The maximum Gasteiger partial charge on any atom is 0.349 e. The maximum atomic E-state index is 11.8. The predicted octanol–water partition coefficient (Wildman–Crippen LogP) is 2.96. The zero-order valence-corrected chi connectivity index (χ0v) is 12.7. The summed E-state index contributed by atoms with van der Waals surface area (Å²) < 4.78 is 6.30. The SMILES string of the molecule is Cc1cc2c(c(=O)[nH]1)C(=O)O/C2=C\c1cccc(I)c1. The van der Waals surface area contributed by atoms with Crippen molar-refractivity contribution >= 4 is 40.4 Å². The predicted molar refractivity (Wildman–Crippen MR) is 84.2 cm³/mol. The Morgan fingerprint density at radius 2 is 2.05 bits per heavy atom. The number of carbonyl (C=O) groups is 1. The van der Waals surface area contributed by atoms with Gasteiger partial charge in [-0.2, -0.15) is 0 Å². The number of halogens is 1. The number of fused-ring (bicyclic) bond motifs is 1. The van der Waals surface area contributed by atoms with Crippen LogP contribution in [0.1, 0.15) is 27.2 Å². The summed E-state index contributed by atoms with van der Waals surface area (Å²) in [7, 11) is 0. The van der Waals surface area contributed by atoms with Crippen molar-refractivity contribution in [3.05, 3.63) is 66.6 Å². The molecule has 1 aromatic carbocycles. The van der Waals surface area contributed by atoms with Gasteiger partial charge in [-0.15, -0.1) is 0 Å². The molecule has 0 saturated heterocycles. The summed E-state index contributed by atoms with van der Waals surface area (Å²) in [5.74, 6) is -0.181. The van der Waals surface area contributed by atoms with E-state index in [2.05, 4.69) is 27.6 Å². The van der Waals surface area contributed by atoms with Gasteiger partial charge in [-0.25, -0.2) is 4.79 Å². The zero-order valence-electron chi connectivity index (χ0n) is 10.6. The van der Waals surface area contributed by atoms with Gasteiger partial charge in [0.25, 0.3) is 5.56 Å². The molecule has 1 N–H and O–H groups in total. The molecule has 0 unspecified atom stereocenters. The molecule has 1 aliphatic rings. The molecule has 0 spiro atoms. The Morgan fingerprint density at radius 3 is 2.80 bits per heavy atom. The molecule has 0 atom stereocenters. The number of benzene rings is 1. The first kappa shape index (κ1) is 13.1. The Bertz CT molecular complexity index is 805. The van der Waals surface area contributed by atoms with Gasteiger partial charge in [0.1, 0.15) is 11.3 Å². The van der Waals surface area contributed by atoms with E-state index in [0.29, 0.717) is 17.0 Å². The van der Waals surface area contributed by atoms with Crippen LogP contribution in [0.2, 0.25) is 0 Å². The van der Waals surface area contributed by atoms with Gasteiger partial charge in [0.2, 0.25) is 0 Å². The summed E-state index contributed by atoms with van der Waals surface area (Å²) in [5.41, 5.74) is 1.84. The zero-order chi connectivity index (χ0) is 14.3. The van der Waals surface area contributed by atoms with E-state index in [1.54, 1.807) is 19.1 Å². The van der Waals surface area contributed by atoms with Gasteiger partial charge in [0.15, 0.2) is 0 Å². The van der Waals surface area contributed by atoms with E-state index in [0.717, 1.165) is 9.13 Å². The smallest absolute Gasteiger partial charge is 0.349 e. The molecule has 3 rings (SSSR count). The topological polar surface area (TPSA) is 59.2 Å². The Balaban J connectivity index is 2.16. The molecule has 4 nitrogen and oxygen atoms in total. The summed E-state index contributed by atoms with van der Waals surface area (Å²) in [5, 5.41) is 0. The van der Waals surface area contributed by atoms with E-state index < -0.39 is 11.5 Å². The fourth-order valence-corrected chi connectivity index (χ4v) is 2.71. The third kappa shape index (κ3) is 2.29. The minimum atomic E-state index is -0.599. The lowest BCUT2D eigenvalue weighted by Gasteiger charge is -2.00. The fraction of sp³-hybridized carbons (Fsp3) is 0.0667. The van der Waals surface area contributed by atoms with Crippen molar-refractivity contribution in [1.29, 1.82) is 0 Å². The second-order valence-electron chi connectivity index (χ2n) is 4.52. The van der Waals surface area contributed by atoms with Gasteiger partial charge in [0.05, 0.1) is 0 Å². The number of aromatic nitrogens is 1. The lowest BCUT2D eigenvalue weighted by atomic mass is 10.1. The van der Waals surface area contributed by atoms with Crippen LogP contribution in [-0.4, -0.2) is 11.0 Å². The number of aromatic amines is 1. The molecule has 0 bridgehead atoms. The number of cyclic esters (lactones) is 1. The van der Waals surface area contributed by atoms with E-state index in [1.165, 1.54) is 0 Å². The molecular weight excluding hydrogens is 369 g/mol. The summed E-state index contributed by atoms with van der Waals surface area (Å²) >= 11 is 2.21. The molecular formula is C15H10INO3. The summed E-state index contributed by atoms with van der Waals surface area (Å²) in [4.78, 5) is 26.2. The van der Waals surface area contributed by atoms with Crippen LogP contribution in [0.15, 0.2) is 35.1 Å². The number of esters is 1. The van der Waals surface area contributed by atoms with E-state index in [1.807, 2.05) is 24.3 Å². The number of aryl methyl sites for hydroxylation is 1. The number of ether oxygens (including phenoxy) is 1. The molecule has 0 aliphatic carbocycles. The van der Waals surface area contributed by atoms with E-state index in [4.69, 9.17) is 4.74 Å². The van der Waals surface area contributed by atoms with Gasteiger partial charge in [-0.05, 0) is 59.4 Å². The van der Waals surface area contributed by atoms with Crippen LogP contribution in [0, 0.1) is 10.5 Å². The fourth-order valence-electron chi connectivity index (χ4n) is 2.15. The number of nitrogens with one attached hydrogen (secondary N) is 1. The Hall–Kier alpha value is -1.89. The number of hydrogen-bond acceptors (Lipinski definition) is 3. The monoisotopic (exact) mass is 379 g/mol. The highest BCUT2D eigenvalue weighted by Gasteiger charge is 2.29. The highest BCUT2D eigenvalue weighted by Crippen LogP contribution is 2.29. The van der Waals surface area contributed by atoms with Crippen LogP contribution in [0.3, 0.4) is 0 Å². The first-order valence-corrected chi connectivity index (χ1v) is 7.06. The lowest BCUT2D eigenvalue weighted by molar-refractivity contribution is 0.0715.